The Morgan fingerprint density at radius 2 is 1.53 bits per heavy atom. The van der Waals surface area contributed by atoms with E-state index < -0.39 is 0 Å². The third-order valence-electron chi connectivity index (χ3n) is 4.61. The molecular formula is C25H23BrN2OS. The highest BCUT2D eigenvalue weighted by Gasteiger charge is 2.22. The molecule has 4 rings (SSSR count). The van der Waals surface area contributed by atoms with Crippen molar-refractivity contribution in [2.45, 2.75) is 6.92 Å². The minimum Gasteiger partial charge on any atom is -1.00 e. The number of nitrogens with one attached hydrogen (secondary N) is 1. The molecule has 1 aromatic heterocycles. The maximum absolute atomic E-state index is 5.24. The van der Waals surface area contributed by atoms with Gasteiger partial charge in [-0.1, -0.05) is 47.7 Å². The smallest absolute Gasteiger partial charge is 0.269 e. The van der Waals surface area contributed by atoms with Crippen LogP contribution in [0.1, 0.15) is 11.9 Å². The molecule has 0 amide bonds. The second kappa shape index (κ2) is 10.2. The molecule has 0 aliphatic carbocycles. The van der Waals surface area contributed by atoms with E-state index in [0.717, 1.165) is 27.8 Å². The summed E-state index contributed by atoms with van der Waals surface area (Å²) in [5.41, 5.74) is 5.64. The van der Waals surface area contributed by atoms with Crippen molar-refractivity contribution in [1.29, 1.82) is 0 Å². The van der Waals surface area contributed by atoms with Gasteiger partial charge in [-0.25, -0.2) is 0 Å². The van der Waals surface area contributed by atoms with Crippen molar-refractivity contribution in [3.63, 3.8) is 0 Å². The Morgan fingerprint density at radius 1 is 0.900 bits per heavy atom. The monoisotopic (exact) mass is 478 g/mol. The number of thiazole rings is 1. The van der Waals surface area contributed by atoms with Gasteiger partial charge in [-0.2, -0.15) is 0 Å². The highest BCUT2D eigenvalue weighted by Crippen LogP contribution is 2.24. The average molecular weight is 479 g/mol. The van der Waals surface area contributed by atoms with E-state index in [0.29, 0.717) is 0 Å². The zero-order chi connectivity index (χ0) is 20.1. The molecule has 3 nitrogen and oxygen atoms in total. The molecule has 0 saturated heterocycles. The Kier molecular flexibility index (Phi) is 7.44. The molecule has 0 aliphatic heterocycles. The Balaban J connectivity index is 0.00000256. The molecule has 0 atom stereocenters. The molecule has 1 N–H and O–H groups in total. The molecule has 0 saturated carbocycles. The van der Waals surface area contributed by atoms with E-state index in [2.05, 4.69) is 76.8 Å². The van der Waals surface area contributed by atoms with Crippen LogP contribution in [0.15, 0.2) is 96.0 Å². The summed E-state index contributed by atoms with van der Waals surface area (Å²) < 4.78 is 7.54. The highest BCUT2D eigenvalue weighted by atomic mass is 79.9. The summed E-state index contributed by atoms with van der Waals surface area (Å²) in [4.78, 5) is 0. The van der Waals surface area contributed by atoms with Crippen molar-refractivity contribution in [3.05, 3.63) is 101 Å². The van der Waals surface area contributed by atoms with Gasteiger partial charge in [0.25, 0.3) is 5.01 Å². The molecule has 30 heavy (non-hydrogen) atoms. The average Bonchev–Trinajstić information content (AvgIpc) is 3.19. The molecule has 1 heterocycles. The first-order chi connectivity index (χ1) is 14.2. The van der Waals surface area contributed by atoms with Crippen LogP contribution in [0.4, 0.5) is 5.69 Å². The van der Waals surface area contributed by atoms with Gasteiger partial charge in [0.2, 0.25) is 11.4 Å². The van der Waals surface area contributed by atoms with E-state index in [1.54, 1.807) is 18.4 Å². The van der Waals surface area contributed by atoms with Gasteiger partial charge in [-0.05, 0) is 43.3 Å². The number of rotatable bonds is 6. The van der Waals surface area contributed by atoms with E-state index in [4.69, 9.17) is 4.74 Å². The normalized spacial score (nSPS) is 10.9. The summed E-state index contributed by atoms with van der Waals surface area (Å²) >= 11 is 1.74. The Labute approximate surface area is 192 Å². The summed E-state index contributed by atoms with van der Waals surface area (Å²) in [5.74, 6) is 0.852. The summed E-state index contributed by atoms with van der Waals surface area (Å²) in [7, 11) is 1.68. The summed E-state index contributed by atoms with van der Waals surface area (Å²) in [6.07, 6.45) is 2.19. The Bertz CT molecular complexity index is 1110. The SMILES string of the molecule is COc1ccc(N/C(C)=C/c2scc(-c3ccccc3)[n+]2-c2ccccc2)cc1.[Br-]. The third-order valence-corrected chi connectivity index (χ3v) is 5.49. The van der Waals surface area contributed by atoms with Crippen molar-refractivity contribution in [3.8, 4) is 22.7 Å². The number of anilines is 1. The first-order valence-electron chi connectivity index (χ1n) is 9.48. The van der Waals surface area contributed by atoms with E-state index in [-0.39, 0.29) is 17.0 Å². The number of methoxy groups -OCH3 is 1. The first-order valence-corrected chi connectivity index (χ1v) is 10.4. The Morgan fingerprint density at radius 3 is 2.17 bits per heavy atom. The standard InChI is InChI=1S/C25H22N2OS.BrH/c1-19(26-21-13-15-23(28-2)16-14-21)17-25-27(22-11-7-4-8-12-22)24(18-29-25)20-9-5-3-6-10-20;/h3-18H,1-2H3;1H. The number of ether oxygens (including phenoxy) is 1. The number of allylic oxidation sites excluding steroid dienone is 1. The van der Waals surface area contributed by atoms with E-state index >= 15 is 0 Å². The highest BCUT2D eigenvalue weighted by molar-refractivity contribution is 7.10. The lowest BCUT2D eigenvalue weighted by Crippen LogP contribution is -3.00. The molecule has 0 spiro atoms. The van der Waals surface area contributed by atoms with Crippen molar-refractivity contribution >= 4 is 23.1 Å². The van der Waals surface area contributed by atoms with Crippen LogP contribution in [0.5, 0.6) is 5.75 Å². The molecule has 3 aromatic carbocycles. The number of hydrogen-bond donors (Lipinski definition) is 1. The van der Waals surface area contributed by atoms with Gasteiger partial charge in [0.1, 0.15) is 5.75 Å². The Hall–Kier alpha value is -2.89. The van der Waals surface area contributed by atoms with Gasteiger partial charge in [0, 0.05) is 35.2 Å². The summed E-state index contributed by atoms with van der Waals surface area (Å²) in [6, 6.07) is 28.9. The van der Waals surface area contributed by atoms with Crippen molar-refractivity contribution in [2.24, 2.45) is 0 Å². The molecule has 152 valence electrons. The fraction of sp³-hybridized carbons (Fsp3) is 0.0800. The fourth-order valence-corrected chi connectivity index (χ4v) is 4.24. The molecule has 0 radical (unpaired) electrons. The van der Waals surface area contributed by atoms with E-state index in [9.17, 15) is 0 Å². The van der Waals surface area contributed by atoms with Crippen molar-refractivity contribution < 1.29 is 26.3 Å². The maximum atomic E-state index is 5.24. The van der Waals surface area contributed by atoms with Crippen LogP contribution < -0.4 is 31.6 Å². The van der Waals surface area contributed by atoms with E-state index in [1.807, 2.05) is 36.4 Å². The molecule has 4 aromatic rings. The van der Waals surface area contributed by atoms with Crippen LogP contribution in [0.3, 0.4) is 0 Å². The van der Waals surface area contributed by atoms with Gasteiger partial charge in [-0.15, -0.1) is 4.57 Å². The van der Waals surface area contributed by atoms with Gasteiger partial charge >= 0.3 is 0 Å². The van der Waals surface area contributed by atoms with E-state index in [1.165, 1.54) is 11.3 Å². The fourth-order valence-electron chi connectivity index (χ4n) is 3.21. The minimum absolute atomic E-state index is 0. The third kappa shape index (κ3) is 4.99. The first kappa shape index (κ1) is 21.8. The van der Waals surface area contributed by atoms with Crippen LogP contribution in [0.25, 0.3) is 23.0 Å². The summed E-state index contributed by atoms with van der Waals surface area (Å²) in [6.45, 7) is 2.08. The predicted octanol–water partition coefficient (Wildman–Crippen LogP) is 3.18. The molecular weight excluding hydrogens is 456 g/mol. The topological polar surface area (TPSA) is 25.1 Å². The van der Waals surface area contributed by atoms with Crippen LogP contribution in [-0.2, 0) is 0 Å². The summed E-state index contributed by atoms with van der Waals surface area (Å²) in [5, 5.41) is 6.85. The number of nitrogens with zero attached hydrogens (tertiary/aromatic N) is 1. The molecule has 5 heteroatoms. The van der Waals surface area contributed by atoms with Crippen molar-refractivity contribution in [2.75, 3.05) is 12.4 Å². The van der Waals surface area contributed by atoms with Gasteiger partial charge in [0.05, 0.1) is 12.5 Å². The molecule has 0 aliphatic rings. The van der Waals surface area contributed by atoms with Crippen LogP contribution >= 0.6 is 11.3 Å². The lowest BCUT2D eigenvalue weighted by molar-refractivity contribution is -0.580. The number of benzene rings is 3. The number of aromatic nitrogens is 1. The van der Waals surface area contributed by atoms with Crippen LogP contribution in [0, 0.1) is 0 Å². The van der Waals surface area contributed by atoms with Crippen LogP contribution in [-0.4, -0.2) is 7.11 Å². The van der Waals surface area contributed by atoms with Gasteiger partial charge < -0.3 is 27.0 Å². The quantitative estimate of drug-likeness (QED) is 0.430. The minimum atomic E-state index is 0. The number of hydrogen-bond acceptors (Lipinski definition) is 3. The van der Waals surface area contributed by atoms with Crippen LogP contribution in [0.2, 0.25) is 0 Å². The van der Waals surface area contributed by atoms with Gasteiger partial charge in [0.15, 0.2) is 0 Å². The van der Waals surface area contributed by atoms with Gasteiger partial charge in [-0.3, -0.25) is 0 Å². The number of halogens is 1. The molecule has 0 fully saturated rings. The lowest BCUT2D eigenvalue weighted by Gasteiger charge is -2.07. The molecule has 0 bridgehead atoms. The molecule has 0 unspecified atom stereocenters. The second-order valence-corrected chi connectivity index (χ2v) is 7.57. The zero-order valence-electron chi connectivity index (χ0n) is 16.9. The largest absolute Gasteiger partial charge is 1.00 e. The lowest BCUT2D eigenvalue weighted by atomic mass is 10.1. The van der Waals surface area contributed by atoms with Crippen molar-refractivity contribution in [1.82, 2.24) is 0 Å². The maximum Gasteiger partial charge on any atom is 0.269 e. The zero-order valence-corrected chi connectivity index (χ0v) is 19.3. The number of para-hydroxylation sites is 1. The second-order valence-electron chi connectivity index (χ2n) is 6.68. The predicted molar refractivity (Wildman–Crippen MR) is 122 cm³/mol.